The monoisotopic (exact) mass is 335 g/mol. The van der Waals surface area contributed by atoms with Crippen LogP contribution < -0.4 is 25.3 Å². The molecule has 0 spiro atoms. The average Bonchev–Trinajstić information content (AvgIpc) is 3.00. The standard InChI is InChI=1S/C15H14ClN3O4/c16-11-5-9(14(17)20)7-19-15(11)18-3-4-21-10-1-2-12-13(6-10)23-8-22-12/h1-2,5-7H,3-4,8H2,(H2,17,20)(H,18,19). The predicted molar refractivity (Wildman–Crippen MR) is 84.3 cm³/mol. The van der Waals surface area contributed by atoms with Crippen molar-refractivity contribution < 1.29 is 19.0 Å². The molecule has 0 saturated heterocycles. The number of carbonyl (C=O) groups excluding carboxylic acids is 1. The molecular formula is C15H14ClN3O4. The first-order valence-corrected chi connectivity index (χ1v) is 7.23. The number of halogens is 1. The van der Waals surface area contributed by atoms with Gasteiger partial charge in [0.1, 0.15) is 18.2 Å². The zero-order valence-corrected chi connectivity index (χ0v) is 12.8. The molecule has 8 heteroatoms. The van der Waals surface area contributed by atoms with Gasteiger partial charge in [-0.1, -0.05) is 11.6 Å². The van der Waals surface area contributed by atoms with Gasteiger partial charge < -0.3 is 25.3 Å². The maximum atomic E-state index is 11.0. The molecule has 0 unspecified atom stereocenters. The topological polar surface area (TPSA) is 95.7 Å². The number of nitrogens with zero attached hydrogens (tertiary/aromatic N) is 1. The van der Waals surface area contributed by atoms with E-state index < -0.39 is 5.91 Å². The Balaban J connectivity index is 1.51. The number of ether oxygens (including phenoxy) is 3. The third-order valence-corrected chi connectivity index (χ3v) is 3.42. The van der Waals surface area contributed by atoms with E-state index in [1.54, 1.807) is 18.2 Å². The normalized spacial score (nSPS) is 12.0. The number of nitrogens with one attached hydrogen (secondary N) is 1. The second kappa shape index (κ2) is 6.62. The Labute approximate surface area is 137 Å². The molecule has 0 bridgehead atoms. The van der Waals surface area contributed by atoms with Crippen LogP contribution in [0.1, 0.15) is 10.4 Å². The van der Waals surface area contributed by atoms with Crippen LogP contribution in [0.2, 0.25) is 5.02 Å². The lowest BCUT2D eigenvalue weighted by Gasteiger charge is -2.10. The average molecular weight is 336 g/mol. The van der Waals surface area contributed by atoms with Gasteiger partial charge in [-0.2, -0.15) is 0 Å². The number of pyridine rings is 1. The highest BCUT2D eigenvalue weighted by Crippen LogP contribution is 2.35. The van der Waals surface area contributed by atoms with Crippen molar-refractivity contribution in [1.29, 1.82) is 0 Å². The van der Waals surface area contributed by atoms with Gasteiger partial charge in [0.2, 0.25) is 12.7 Å². The van der Waals surface area contributed by atoms with Crippen LogP contribution in [0.5, 0.6) is 17.2 Å². The van der Waals surface area contributed by atoms with Crippen molar-refractivity contribution in [1.82, 2.24) is 4.98 Å². The number of primary amides is 1. The van der Waals surface area contributed by atoms with Crippen LogP contribution in [-0.4, -0.2) is 30.8 Å². The number of fused-ring (bicyclic) bond motifs is 1. The van der Waals surface area contributed by atoms with Gasteiger partial charge in [-0.05, 0) is 18.2 Å². The summed E-state index contributed by atoms with van der Waals surface area (Å²) >= 11 is 6.03. The summed E-state index contributed by atoms with van der Waals surface area (Å²) in [4.78, 5) is 15.1. The van der Waals surface area contributed by atoms with Crippen LogP contribution in [0.15, 0.2) is 30.5 Å². The van der Waals surface area contributed by atoms with Crippen molar-refractivity contribution in [3.05, 3.63) is 41.0 Å². The number of nitrogens with two attached hydrogens (primary N) is 1. The number of hydrogen-bond donors (Lipinski definition) is 2. The molecule has 2 heterocycles. The van der Waals surface area contributed by atoms with E-state index in [0.717, 1.165) is 0 Å². The maximum Gasteiger partial charge on any atom is 0.250 e. The van der Waals surface area contributed by atoms with Crippen molar-refractivity contribution in [2.45, 2.75) is 0 Å². The third-order valence-electron chi connectivity index (χ3n) is 3.13. The van der Waals surface area contributed by atoms with Crippen LogP contribution >= 0.6 is 11.6 Å². The molecule has 1 aliphatic rings. The molecule has 1 aromatic heterocycles. The summed E-state index contributed by atoms with van der Waals surface area (Å²) < 4.78 is 16.1. The minimum absolute atomic E-state index is 0.228. The van der Waals surface area contributed by atoms with Crippen LogP contribution in [0, 0.1) is 0 Å². The van der Waals surface area contributed by atoms with Crippen molar-refractivity contribution >= 4 is 23.3 Å². The first kappa shape index (κ1) is 15.2. The number of rotatable bonds is 6. The molecule has 0 aliphatic carbocycles. The molecule has 1 aliphatic heterocycles. The number of anilines is 1. The number of hydrogen-bond acceptors (Lipinski definition) is 6. The molecule has 3 rings (SSSR count). The zero-order valence-electron chi connectivity index (χ0n) is 12.0. The highest BCUT2D eigenvalue weighted by molar-refractivity contribution is 6.33. The van der Waals surface area contributed by atoms with Gasteiger partial charge in [-0.15, -0.1) is 0 Å². The lowest BCUT2D eigenvalue weighted by Crippen LogP contribution is -2.14. The second-order valence-corrected chi connectivity index (χ2v) is 5.12. The number of carbonyl (C=O) groups is 1. The molecule has 0 saturated carbocycles. The highest BCUT2D eigenvalue weighted by atomic mass is 35.5. The van der Waals surface area contributed by atoms with Crippen LogP contribution in [-0.2, 0) is 0 Å². The largest absolute Gasteiger partial charge is 0.492 e. The number of aromatic nitrogens is 1. The quantitative estimate of drug-likeness (QED) is 0.784. The molecule has 2 aromatic rings. The molecule has 3 N–H and O–H groups in total. The molecular weight excluding hydrogens is 322 g/mol. The summed E-state index contributed by atoms with van der Waals surface area (Å²) in [6.07, 6.45) is 1.37. The van der Waals surface area contributed by atoms with Gasteiger partial charge in [0.15, 0.2) is 11.5 Å². The van der Waals surface area contributed by atoms with Crippen molar-refractivity contribution in [2.24, 2.45) is 5.73 Å². The van der Waals surface area contributed by atoms with Gasteiger partial charge in [-0.3, -0.25) is 4.79 Å². The minimum Gasteiger partial charge on any atom is -0.492 e. The lowest BCUT2D eigenvalue weighted by atomic mass is 10.3. The van der Waals surface area contributed by atoms with Crippen molar-refractivity contribution in [3.8, 4) is 17.2 Å². The van der Waals surface area contributed by atoms with E-state index in [1.807, 2.05) is 0 Å². The second-order valence-electron chi connectivity index (χ2n) is 4.71. The first-order valence-electron chi connectivity index (χ1n) is 6.85. The molecule has 0 atom stereocenters. The Kier molecular flexibility index (Phi) is 4.38. The number of amides is 1. The minimum atomic E-state index is -0.572. The summed E-state index contributed by atoms with van der Waals surface area (Å²) in [5, 5.41) is 3.35. The van der Waals surface area contributed by atoms with Crippen LogP contribution in [0.4, 0.5) is 5.82 Å². The van der Waals surface area contributed by atoms with Gasteiger partial charge in [0, 0.05) is 12.3 Å². The lowest BCUT2D eigenvalue weighted by molar-refractivity contribution is 0.1000. The summed E-state index contributed by atoms with van der Waals surface area (Å²) in [6, 6.07) is 6.85. The highest BCUT2D eigenvalue weighted by Gasteiger charge is 2.13. The van der Waals surface area contributed by atoms with Gasteiger partial charge >= 0.3 is 0 Å². The first-order chi connectivity index (χ1) is 11.1. The molecule has 1 amide bonds. The fourth-order valence-electron chi connectivity index (χ4n) is 2.01. The predicted octanol–water partition coefficient (Wildman–Crippen LogP) is 2.05. The van der Waals surface area contributed by atoms with E-state index in [9.17, 15) is 4.79 Å². The Bertz CT molecular complexity index is 739. The summed E-state index contributed by atoms with van der Waals surface area (Å²) in [5.41, 5.74) is 5.42. The van der Waals surface area contributed by atoms with Crippen molar-refractivity contribution in [2.75, 3.05) is 25.3 Å². The van der Waals surface area contributed by atoms with E-state index in [-0.39, 0.29) is 12.4 Å². The van der Waals surface area contributed by atoms with E-state index in [1.165, 1.54) is 12.3 Å². The Morgan fingerprint density at radius 1 is 1.35 bits per heavy atom. The molecule has 7 nitrogen and oxygen atoms in total. The van der Waals surface area contributed by atoms with Crippen molar-refractivity contribution in [3.63, 3.8) is 0 Å². The zero-order chi connectivity index (χ0) is 16.2. The molecule has 0 fully saturated rings. The van der Waals surface area contributed by atoms with E-state index in [0.29, 0.717) is 41.2 Å². The van der Waals surface area contributed by atoms with Crippen LogP contribution in [0.25, 0.3) is 0 Å². The molecule has 120 valence electrons. The fourth-order valence-corrected chi connectivity index (χ4v) is 2.24. The molecule has 1 aromatic carbocycles. The number of benzene rings is 1. The fraction of sp³-hybridized carbons (Fsp3) is 0.200. The van der Waals surface area contributed by atoms with Gasteiger partial charge in [0.25, 0.3) is 0 Å². The van der Waals surface area contributed by atoms with Crippen LogP contribution in [0.3, 0.4) is 0 Å². The third kappa shape index (κ3) is 3.57. The summed E-state index contributed by atoms with van der Waals surface area (Å²) in [7, 11) is 0. The summed E-state index contributed by atoms with van der Waals surface area (Å²) in [5.74, 6) is 1.95. The molecule has 0 radical (unpaired) electrons. The summed E-state index contributed by atoms with van der Waals surface area (Å²) in [6.45, 7) is 1.11. The van der Waals surface area contributed by atoms with E-state index >= 15 is 0 Å². The van der Waals surface area contributed by atoms with Gasteiger partial charge in [0.05, 0.1) is 17.1 Å². The molecule has 23 heavy (non-hydrogen) atoms. The van der Waals surface area contributed by atoms with Gasteiger partial charge in [-0.25, -0.2) is 4.98 Å². The maximum absolute atomic E-state index is 11.0. The Hall–Kier alpha value is -2.67. The Morgan fingerprint density at radius 3 is 2.96 bits per heavy atom. The smallest absolute Gasteiger partial charge is 0.250 e. The Morgan fingerprint density at radius 2 is 2.17 bits per heavy atom. The SMILES string of the molecule is NC(=O)c1cnc(NCCOc2ccc3c(c2)OCO3)c(Cl)c1. The van der Waals surface area contributed by atoms with E-state index in [4.69, 9.17) is 31.5 Å². The van der Waals surface area contributed by atoms with E-state index in [2.05, 4.69) is 10.3 Å².